The van der Waals surface area contributed by atoms with Gasteiger partial charge in [0, 0.05) is 24.7 Å². The van der Waals surface area contributed by atoms with Gasteiger partial charge in [-0.05, 0) is 23.8 Å². The van der Waals surface area contributed by atoms with E-state index in [0.29, 0.717) is 41.4 Å². The Kier molecular flexibility index (Phi) is 6.04. The molecular weight excluding hydrogens is 364 g/mol. The van der Waals surface area contributed by atoms with Crippen molar-refractivity contribution in [3.63, 3.8) is 0 Å². The number of hydrogen-bond acceptors (Lipinski definition) is 4. The predicted molar refractivity (Wildman–Crippen MR) is 107 cm³/mol. The number of aliphatic imine (C=N–C) groups is 1. The van der Waals surface area contributed by atoms with Crippen LogP contribution < -0.4 is 4.90 Å². The zero-order valence-corrected chi connectivity index (χ0v) is 15.4. The third-order valence-electron chi connectivity index (χ3n) is 4.23. The summed E-state index contributed by atoms with van der Waals surface area (Å²) in [5.41, 5.74) is 1.51. The first-order chi connectivity index (χ1) is 13.1. The lowest BCUT2D eigenvalue weighted by Crippen LogP contribution is -2.45. The molecule has 3 rings (SSSR count). The van der Waals surface area contributed by atoms with Crippen molar-refractivity contribution in [2.24, 2.45) is 4.99 Å². The number of carbonyl (C=O) groups excluding carboxylic acids is 2. The van der Waals surface area contributed by atoms with Crippen molar-refractivity contribution in [3.8, 4) is 0 Å². The van der Waals surface area contributed by atoms with Gasteiger partial charge in [0.15, 0.2) is 0 Å². The molecule has 6 heteroatoms. The molecule has 1 atom stereocenters. The van der Waals surface area contributed by atoms with Crippen LogP contribution in [-0.4, -0.2) is 31.2 Å². The highest BCUT2D eigenvalue weighted by molar-refractivity contribution is 6.37. The second-order valence-corrected chi connectivity index (χ2v) is 6.35. The summed E-state index contributed by atoms with van der Waals surface area (Å²) in [5, 5.41) is 0.343. The Morgan fingerprint density at radius 1 is 1.15 bits per heavy atom. The Morgan fingerprint density at radius 2 is 1.89 bits per heavy atom. The van der Waals surface area contributed by atoms with Crippen LogP contribution in [0, 0.1) is 0 Å². The number of benzene rings is 2. The van der Waals surface area contributed by atoms with Crippen LogP contribution in [0.2, 0.25) is 5.02 Å². The Labute approximate surface area is 162 Å². The molecule has 0 N–H and O–H groups in total. The summed E-state index contributed by atoms with van der Waals surface area (Å²) >= 11 is 6.24. The number of carbonyl (C=O) groups is 2. The molecule has 0 fully saturated rings. The van der Waals surface area contributed by atoms with Gasteiger partial charge in [-0.3, -0.25) is 14.6 Å². The Hall–Kier alpha value is -2.92. The molecule has 0 aliphatic carbocycles. The molecule has 0 saturated carbocycles. The van der Waals surface area contributed by atoms with E-state index in [1.165, 1.54) is 6.26 Å². The first-order valence-corrected chi connectivity index (χ1v) is 8.97. The van der Waals surface area contributed by atoms with Crippen LogP contribution >= 0.6 is 11.6 Å². The predicted octanol–water partition coefficient (Wildman–Crippen LogP) is 4.23. The topological polar surface area (TPSA) is 59.0 Å². The minimum atomic E-state index is -0.643. The van der Waals surface area contributed by atoms with Crippen molar-refractivity contribution in [2.45, 2.75) is 12.3 Å². The van der Waals surface area contributed by atoms with E-state index in [0.717, 1.165) is 4.90 Å². The molecule has 0 bridgehead atoms. The minimum Gasteiger partial charge on any atom is -0.502 e. The molecule has 138 valence electrons. The Bertz CT molecular complexity index is 895. The van der Waals surface area contributed by atoms with Gasteiger partial charge in [0.2, 0.25) is 5.91 Å². The van der Waals surface area contributed by atoms with Crippen LogP contribution in [0.15, 0.2) is 66.4 Å². The van der Waals surface area contributed by atoms with Gasteiger partial charge in [-0.1, -0.05) is 48.5 Å². The largest absolute Gasteiger partial charge is 0.502 e. The summed E-state index contributed by atoms with van der Waals surface area (Å²) in [6.45, 7) is 4.51. The van der Waals surface area contributed by atoms with E-state index in [1.54, 1.807) is 48.7 Å². The molecular formula is C21H19ClN2O3. The normalized spacial score (nSPS) is 16.5. The molecule has 0 aromatic heterocycles. The van der Waals surface area contributed by atoms with E-state index < -0.39 is 5.92 Å². The van der Waals surface area contributed by atoms with Crippen LogP contribution in [0.4, 0.5) is 5.69 Å². The van der Waals surface area contributed by atoms with E-state index in [1.807, 2.05) is 6.07 Å². The number of amides is 2. The maximum absolute atomic E-state index is 13.1. The molecule has 27 heavy (non-hydrogen) atoms. The number of imide groups is 1. The molecule has 1 unspecified atom stereocenters. The van der Waals surface area contributed by atoms with Gasteiger partial charge in [-0.2, -0.15) is 0 Å². The second-order valence-electron chi connectivity index (χ2n) is 5.94. The van der Waals surface area contributed by atoms with Crippen molar-refractivity contribution in [3.05, 3.63) is 77.5 Å². The lowest BCUT2D eigenvalue weighted by atomic mass is 9.89. The monoisotopic (exact) mass is 382 g/mol. The fourth-order valence-corrected chi connectivity index (χ4v) is 3.18. The number of nitrogens with zero attached hydrogens (tertiary/aromatic N) is 2. The van der Waals surface area contributed by atoms with Crippen molar-refractivity contribution < 1.29 is 14.3 Å². The van der Waals surface area contributed by atoms with Crippen LogP contribution in [-0.2, 0) is 9.53 Å². The molecule has 1 aliphatic rings. The molecule has 1 heterocycles. The average molecular weight is 383 g/mol. The van der Waals surface area contributed by atoms with Gasteiger partial charge in [0.1, 0.15) is 0 Å². The highest BCUT2D eigenvalue weighted by Gasteiger charge is 2.39. The van der Waals surface area contributed by atoms with Gasteiger partial charge in [-0.25, -0.2) is 4.90 Å². The number of hydrogen-bond donors (Lipinski definition) is 0. The van der Waals surface area contributed by atoms with Crippen molar-refractivity contribution in [1.29, 1.82) is 0 Å². The maximum Gasteiger partial charge on any atom is 0.265 e. The average Bonchev–Trinajstić information content (AvgIpc) is 2.68. The highest BCUT2D eigenvalue weighted by atomic mass is 35.5. The van der Waals surface area contributed by atoms with Gasteiger partial charge < -0.3 is 4.74 Å². The number of rotatable bonds is 7. The molecule has 2 aromatic carbocycles. The quantitative estimate of drug-likeness (QED) is 0.311. The van der Waals surface area contributed by atoms with Gasteiger partial charge >= 0.3 is 0 Å². The molecule has 0 spiro atoms. The number of anilines is 1. The van der Waals surface area contributed by atoms with Crippen LogP contribution in [0.1, 0.15) is 28.3 Å². The highest BCUT2D eigenvalue weighted by Crippen LogP contribution is 2.35. The third kappa shape index (κ3) is 3.93. The van der Waals surface area contributed by atoms with E-state index in [-0.39, 0.29) is 11.8 Å². The summed E-state index contributed by atoms with van der Waals surface area (Å²) in [5.74, 6) is -1.39. The zero-order chi connectivity index (χ0) is 19.2. The smallest absolute Gasteiger partial charge is 0.265 e. The number of para-hydroxylation sites is 1. The van der Waals surface area contributed by atoms with Gasteiger partial charge in [0.25, 0.3) is 5.91 Å². The standard InChI is InChI=1S/C21H19ClN2O3/c1-2-27-13-7-12-23-14-17-15-8-3-4-9-16(15)20(25)24(21(17)26)19-11-6-5-10-18(19)22/h2-6,8-11,14,17H,1,7,12-13H2. The summed E-state index contributed by atoms with van der Waals surface area (Å²) < 4.78 is 5.06. The number of fused-ring (bicyclic) bond motifs is 1. The van der Waals surface area contributed by atoms with Crippen molar-refractivity contribution in [1.82, 2.24) is 0 Å². The third-order valence-corrected chi connectivity index (χ3v) is 4.55. The van der Waals surface area contributed by atoms with E-state index in [2.05, 4.69) is 11.6 Å². The van der Waals surface area contributed by atoms with Crippen molar-refractivity contribution in [2.75, 3.05) is 18.1 Å². The molecule has 5 nitrogen and oxygen atoms in total. The van der Waals surface area contributed by atoms with E-state index in [4.69, 9.17) is 16.3 Å². The van der Waals surface area contributed by atoms with Gasteiger partial charge in [-0.15, -0.1) is 0 Å². The molecule has 1 aliphatic heterocycles. The SMILES string of the molecule is C=COCCCN=CC1C(=O)N(c2ccccc2Cl)C(=O)c2ccccc21. The number of ether oxygens (including phenoxy) is 1. The summed E-state index contributed by atoms with van der Waals surface area (Å²) in [6, 6.07) is 13.9. The zero-order valence-electron chi connectivity index (χ0n) is 14.7. The molecule has 0 radical (unpaired) electrons. The fourth-order valence-electron chi connectivity index (χ4n) is 2.96. The van der Waals surface area contributed by atoms with Crippen LogP contribution in [0.25, 0.3) is 0 Å². The lowest BCUT2D eigenvalue weighted by Gasteiger charge is -2.31. The fraction of sp³-hybridized carbons (Fsp3) is 0.190. The Balaban J connectivity index is 1.93. The molecule has 0 saturated heterocycles. The lowest BCUT2D eigenvalue weighted by molar-refractivity contribution is -0.118. The first kappa shape index (κ1) is 18.9. The minimum absolute atomic E-state index is 0.343. The molecule has 2 amide bonds. The summed E-state index contributed by atoms with van der Waals surface area (Å²) in [4.78, 5) is 31.6. The molecule has 2 aromatic rings. The van der Waals surface area contributed by atoms with Crippen LogP contribution in [0.5, 0.6) is 0 Å². The van der Waals surface area contributed by atoms with Crippen LogP contribution in [0.3, 0.4) is 0 Å². The summed E-state index contributed by atoms with van der Waals surface area (Å²) in [6.07, 6.45) is 3.70. The summed E-state index contributed by atoms with van der Waals surface area (Å²) in [7, 11) is 0. The number of halogens is 1. The van der Waals surface area contributed by atoms with Gasteiger partial charge in [0.05, 0.1) is 29.5 Å². The van der Waals surface area contributed by atoms with E-state index in [9.17, 15) is 9.59 Å². The maximum atomic E-state index is 13.1. The van der Waals surface area contributed by atoms with E-state index >= 15 is 0 Å². The van der Waals surface area contributed by atoms with Crippen molar-refractivity contribution >= 4 is 35.3 Å². The first-order valence-electron chi connectivity index (χ1n) is 8.59. The second kappa shape index (κ2) is 8.64. The Morgan fingerprint density at radius 3 is 2.67 bits per heavy atom.